The fraction of sp³-hybridized carbons (Fsp3) is 0.467. The van der Waals surface area contributed by atoms with Crippen LogP contribution in [0.5, 0.6) is 5.75 Å². The molecule has 0 unspecified atom stereocenters. The standard InChI is InChI=1S/C15H22N2O4/c1-4-20-9-8-14(18)16-17-15(19)12-6-5-7-13(10-12)21-11(2)3/h5-7,10-11H,4,8-9H2,1-3H3,(H,16,18)(H,17,19). The van der Waals surface area contributed by atoms with Crippen molar-refractivity contribution >= 4 is 11.8 Å². The summed E-state index contributed by atoms with van der Waals surface area (Å²) in [4.78, 5) is 23.3. The zero-order valence-electron chi connectivity index (χ0n) is 12.6. The minimum absolute atomic E-state index is 0.0292. The van der Waals surface area contributed by atoms with E-state index in [4.69, 9.17) is 9.47 Å². The van der Waals surface area contributed by atoms with E-state index in [0.717, 1.165) is 0 Å². The van der Waals surface area contributed by atoms with Gasteiger partial charge in [0.2, 0.25) is 5.91 Å². The number of carbonyl (C=O) groups is 2. The molecule has 0 spiro atoms. The molecular weight excluding hydrogens is 272 g/mol. The maximum atomic E-state index is 11.9. The van der Waals surface area contributed by atoms with Gasteiger partial charge in [0.25, 0.3) is 5.91 Å². The Hall–Kier alpha value is -2.08. The van der Waals surface area contributed by atoms with Gasteiger partial charge >= 0.3 is 0 Å². The highest BCUT2D eigenvalue weighted by Gasteiger charge is 2.09. The highest BCUT2D eigenvalue weighted by atomic mass is 16.5. The first-order valence-corrected chi connectivity index (χ1v) is 6.96. The highest BCUT2D eigenvalue weighted by molar-refractivity contribution is 5.95. The van der Waals surface area contributed by atoms with E-state index in [1.165, 1.54) is 0 Å². The first-order chi connectivity index (χ1) is 10.0. The Kier molecular flexibility index (Phi) is 7.25. The van der Waals surface area contributed by atoms with Crippen LogP contribution in [0, 0.1) is 0 Å². The summed E-state index contributed by atoms with van der Waals surface area (Å²) in [5.41, 5.74) is 5.11. The van der Waals surface area contributed by atoms with Gasteiger partial charge < -0.3 is 9.47 Å². The number of nitrogens with one attached hydrogen (secondary N) is 2. The van der Waals surface area contributed by atoms with E-state index in [1.807, 2.05) is 20.8 Å². The lowest BCUT2D eigenvalue weighted by Crippen LogP contribution is -2.41. The van der Waals surface area contributed by atoms with Gasteiger partial charge in [-0.3, -0.25) is 20.4 Å². The second-order valence-corrected chi connectivity index (χ2v) is 4.64. The van der Waals surface area contributed by atoms with Gasteiger partial charge in [0, 0.05) is 12.2 Å². The average Bonchev–Trinajstić information content (AvgIpc) is 2.44. The van der Waals surface area contributed by atoms with Crippen molar-refractivity contribution < 1.29 is 19.1 Å². The molecule has 1 rings (SSSR count). The molecule has 1 aromatic rings. The number of hydrogen-bond acceptors (Lipinski definition) is 4. The molecule has 0 fully saturated rings. The smallest absolute Gasteiger partial charge is 0.269 e. The van der Waals surface area contributed by atoms with Gasteiger partial charge in [-0.25, -0.2) is 0 Å². The maximum Gasteiger partial charge on any atom is 0.269 e. The topological polar surface area (TPSA) is 76.7 Å². The first-order valence-electron chi connectivity index (χ1n) is 6.96. The summed E-state index contributed by atoms with van der Waals surface area (Å²) in [6.45, 7) is 6.56. The number of benzene rings is 1. The zero-order valence-corrected chi connectivity index (χ0v) is 12.6. The number of rotatable bonds is 7. The van der Waals surface area contributed by atoms with Gasteiger partial charge in [-0.15, -0.1) is 0 Å². The van der Waals surface area contributed by atoms with Crippen molar-refractivity contribution in [1.82, 2.24) is 10.9 Å². The van der Waals surface area contributed by atoms with Crippen LogP contribution in [0.1, 0.15) is 37.6 Å². The van der Waals surface area contributed by atoms with E-state index in [2.05, 4.69) is 10.9 Å². The molecule has 0 aromatic heterocycles. The molecule has 0 heterocycles. The van der Waals surface area contributed by atoms with Gasteiger partial charge in [-0.2, -0.15) is 0 Å². The quantitative estimate of drug-likeness (QED) is 0.592. The molecule has 0 aliphatic rings. The van der Waals surface area contributed by atoms with Crippen LogP contribution in [0.15, 0.2) is 24.3 Å². The third-order valence-electron chi connectivity index (χ3n) is 2.46. The van der Waals surface area contributed by atoms with E-state index in [-0.39, 0.29) is 18.4 Å². The second-order valence-electron chi connectivity index (χ2n) is 4.64. The molecule has 6 nitrogen and oxygen atoms in total. The van der Waals surface area contributed by atoms with Crippen LogP contribution in [0.4, 0.5) is 0 Å². The minimum atomic E-state index is -0.394. The van der Waals surface area contributed by atoms with Gasteiger partial charge in [0.05, 0.1) is 19.1 Å². The molecule has 6 heteroatoms. The molecule has 0 saturated carbocycles. The number of hydrazine groups is 1. The minimum Gasteiger partial charge on any atom is -0.491 e. The number of hydrogen-bond donors (Lipinski definition) is 2. The monoisotopic (exact) mass is 294 g/mol. The molecular formula is C15H22N2O4. The third kappa shape index (κ3) is 6.76. The van der Waals surface area contributed by atoms with E-state index in [1.54, 1.807) is 24.3 Å². The Morgan fingerprint density at radius 2 is 2.00 bits per heavy atom. The predicted octanol–water partition coefficient (Wildman–Crippen LogP) is 1.66. The maximum absolute atomic E-state index is 11.9. The molecule has 21 heavy (non-hydrogen) atoms. The van der Waals surface area contributed by atoms with E-state index >= 15 is 0 Å². The predicted molar refractivity (Wildman–Crippen MR) is 78.9 cm³/mol. The molecule has 0 saturated heterocycles. The molecule has 1 aromatic carbocycles. The fourth-order valence-electron chi connectivity index (χ4n) is 1.55. The molecule has 0 aliphatic carbocycles. The van der Waals surface area contributed by atoms with Crippen LogP contribution >= 0.6 is 0 Å². The summed E-state index contributed by atoms with van der Waals surface area (Å²) in [6, 6.07) is 6.78. The van der Waals surface area contributed by atoms with Crippen molar-refractivity contribution in [2.24, 2.45) is 0 Å². The van der Waals surface area contributed by atoms with Crippen molar-refractivity contribution in [3.05, 3.63) is 29.8 Å². The highest BCUT2D eigenvalue weighted by Crippen LogP contribution is 2.14. The third-order valence-corrected chi connectivity index (χ3v) is 2.46. The molecule has 116 valence electrons. The Labute approximate surface area is 124 Å². The van der Waals surface area contributed by atoms with Crippen LogP contribution in [-0.2, 0) is 9.53 Å². The number of carbonyl (C=O) groups excluding carboxylic acids is 2. The van der Waals surface area contributed by atoms with Crippen molar-refractivity contribution in [1.29, 1.82) is 0 Å². The Morgan fingerprint density at radius 1 is 1.24 bits per heavy atom. The van der Waals surface area contributed by atoms with Crippen LogP contribution in [-0.4, -0.2) is 31.1 Å². The summed E-state index contributed by atoms with van der Waals surface area (Å²) in [6.07, 6.45) is 0.228. The molecule has 2 N–H and O–H groups in total. The second kappa shape index (κ2) is 8.97. The summed E-state index contributed by atoms with van der Waals surface area (Å²) in [7, 11) is 0. The lowest BCUT2D eigenvalue weighted by Gasteiger charge is -2.11. The summed E-state index contributed by atoms with van der Waals surface area (Å²) >= 11 is 0. The van der Waals surface area contributed by atoms with Gasteiger partial charge in [0.15, 0.2) is 0 Å². The number of ether oxygens (including phenoxy) is 2. The first kappa shape index (κ1) is 17.0. The fourth-order valence-corrected chi connectivity index (χ4v) is 1.55. The van der Waals surface area contributed by atoms with Crippen molar-refractivity contribution in [2.75, 3.05) is 13.2 Å². The van der Waals surface area contributed by atoms with Crippen molar-refractivity contribution in [2.45, 2.75) is 33.3 Å². The molecule has 0 bridgehead atoms. The van der Waals surface area contributed by atoms with Crippen molar-refractivity contribution in [3.63, 3.8) is 0 Å². The SMILES string of the molecule is CCOCCC(=O)NNC(=O)c1cccc(OC(C)C)c1. The molecule has 0 aliphatic heterocycles. The molecule has 2 amide bonds. The Balaban J connectivity index is 2.46. The summed E-state index contributed by atoms with van der Waals surface area (Å²) < 4.78 is 10.6. The van der Waals surface area contributed by atoms with Crippen LogP contribution < -0.4 is 15.6 Å². The van der Waals surface area contributed by atoms with E-state index < -0.39 is 5.91 Å². The average molecular weight is 294 g/mol. The Bertz CT molecular complexity index is 474. The largest absolute Gasteiger partial charge is 0.491 e. The normalized spacial score (nSPS) is 10.3. The lowest BCUT2D eigenvalue weighted by molar-refractivity contribution is -0.122. The Morgan fingerprint density at radius 3 is 2.67 bits per heavy atom. The molecule has 0 radical (unpaired) electrons. The summed E-state index contributed by atoms with van der Waals surface area (Å²) in [5.74, 6) is -0.0827. The van der Waals surface area contributed by atoms with Gasteiger partial charge in [-0.05, 0) is 39.0 Å². The van der Waals surface area contributed by atoms with Crippen molar-refractivity contribution in [3.8, 4) is 5.75 Å². The van der Waals surface area contributed by atoms with Gasteiger partial charge in [-0.1, -0.05) is 6.07 Å². The zero-order chi connectivity index (χ0) is 15.7. The lowest BCUT2D eigenvalue weighted by atomic mass is 10.2. The van der Waals surface area contributed by atoms with Crippen LogP contribution in [0.3, 0.4) is 0 Å². The number of amides is 2. The van der Waals surface area contributed by atoms with E-state index in [9.17, 15) is 9.59 Å². The van der Waals surface area contributed by atoms with Crippen LogP contribution in [0.25, 0.3) is 0 Å². The van der Waals surface area contributed by atoms with Crippen LogP contribution in [0.2, 0.25) is 0 Å². The van der Waals surface area contributed by atoms with Gasteiger partial charge in [0.1, 0.15) is 5.75 Å². The summed E-state index contributed by atoms with van der Waals surface area (Å²) in [5, 5.41) is 0. The molecule has 0 atom stereocenters. The van der Waals surface area contributed by atoms with E-state index in [0.29, 0.717) is 24.5 Å².